The fourth-order valence-electron chi connectivity index (χ4n) is 9.97. The van der Waals surface area contributed by atoms with Crippen molar-refractivity contribution >= 4 is 96.8 Å². The number of benzene rings is 10. The Morgan fingerprint density at radius 3 is 1.85 bits per heavy atom. The summed E-state index contributed by atoms with van der Waals surface area (Å²) < 4.78 is 11.6. The smallest absolute Gasteiger partial charge is 0.164 e. The van der Waals surface area contributed by atoms with E-state index >= 15 is 0 Å². The molecule has 0 N–H and O–H groups in total. The Balaban J connectivity index is 1.06. The molecule has 10 aromatic carbocycles. The highest BCUT2D eigenvalue weighted by atomic mass is 32.1. The normalized spacial score (nSPS) is 12.0. The molecular weight excluding hydrogens is 813 g/mol. The predicted molar refractivity (Wildman–Crippen MR) is 271 cm³/mol. The van der Waals surface area contributed by atoms with E-state index in [9.17, 15) is 0 Å². The SMILES string of the molecule is c1ccc(-c2nc(-c3ccc4c(c3)sc3ccccc34)nc(-c3ccc(-n4c5ccccc5c5cc6ccccc6cc54)cc3-c3cccc4oc5cc6ccccc6cc5c34)n2)cc1. The van der Waals surface area contributed by atoms with E-state index in [1.54, 1.807) is 11.3 Å². The van der Waals surface area contributed by atoms with E-state index in [2.05, 4.69) is 193 Å². The summed E-state index contributed by atoms with van der Waals surface area (Å²) in [7, 11) is 0. The molecule has 0 atom stereocenters. The molecule has 0 saturated heterocycles. The number of para-hydroxylation sites is 1. The third kappa shape index (κ3) is 5.67. The van der Waals surface area contributed by atoms with Gasteiger partial charge in [-0.05, 0) is 99.4 Å². The van der Waals surface area contributed by atoms with Gasteiger partial charge < -0.3 is 8.98 Å². The number of furan rings is 1. The number of aromatic nitrogens is 4. The van der Waals surface area contributed by atoms with E-state index < -0.39 is 0 Å². The second-order valence-corrected chi connectivity index (χ2v) is 17.8. The van der Waals surface area contributed by atoms with E-state index in [1.807, 2.05) is 18.2 Å². The van der Waals surface area contributed by atoms with Crippen LogP contribution in [-0.2, 0) is 0 Å². The van der Waals surface area contributed by atoms with Gasteiger partial charge in [-0.1, -0.05) is 140 Å². The average molecular weight is 847 g/mol. The highest BCUT2D eigenvalue weighted by Crippen LogP contribution is 2.44. The fraction of sp³-hybridized carbons (Fsp3) is 0. The Morgan fingerprint density at radius 1 is 0.354 bits per heavy atom. The van der Waals surface area contributed by atoms with Crippen LogP contribution in [0.1, 0.15) is 0 Å². The van der Waals surface area contributed by atoms with E-state index in [0.717, 1.165) is 77.2 Å². The van der Waals surface area contributed by atoms with Crippen LogP contribution in [0.15, 0.2) is 211 Å². The molecular formula is C59H34N4OS. The summed E-state index contributed by atoms with van der Waals surface area (Å²) in [5.74, 6) is 1.83. The van der Waals surface area contributed by atoms with Crippen molar-refractivity contribution in [1.29, 1.82) is 0 Å². The minimum atomic E-state index is 0.593. The number of hydrogen-bond acceptors (Lipinski definition) is 5. The van der Waals surface area contributed by atoms with Crippen LogP contribution >= 0.6 is 11.3 Å². The van der Waals surface area contributed by atoms with Gasteiger partial charge in [0.1, 0.15) is 11.2 Å². The highest BCUT2D eigenvalue weighted by molar-refractivity contribution is 7.25. The van der Waals surface area contributed by atoms with Gasteiger partial charge in [-0.2, -0.15) is 0 Å². The van der Waals surface area contributed by atoms with Gasteiger partial charge in [0.2, 0.25) is 0 Å². The summed E-state index contributed by atoms with van der Waals surface area (Å²) in [6.45, 7) is 0. The molecule has 0 amide bonds. The minimum Gasteiger partial charge on any atom is -0.456 e. The summed E-state index contributed by atoms with van der Waals surface area (Å²) in [5, 5.41) is 11.7. The van der Waals surface area contributed by atoms with Gasteiger partial charge >= 0.3 is 0 Å². The highest BCUT2D eigenvalue weighted by Gasteiger charge is 2.22. The molecule has 65 heavy (non-hydrogen) atoms. The zero-order valence-corrected chi connectivity index (χ0v) is 35.6. The molecule has 0 spiro atoms. The standard InChI is InChI=1S/C59H34N4OS/c1-2-13-35(14-3-1)57-60-58(40-25-27-44-43-20-9-11-24-54(43)65-55(44)33-40)62-59(61-57)46-28-26-41(63-50-22-10-8-19-42(50)48-29-36-15-4-6-17-38(36)31-51(48)63)34-47(46)45-21-12-23-52-56(45)49-30-37-16-5-7-18-39(37)32-53(49)64-52/h1-34H. The molecule has 0 bridgehead atoms. The van der Waals surface area contributed by atoms with Gasteiger partial charge in [-0.15, -0.1) is 11.3 Å². The van der Waals surface area contributed by atoms with E-state index in [1.165, 1.54) is 41.7 Å². The zero-order valence-electron chi connectivity index (χ0n) is 34.7. The Bertz CT molecular complexity index is 4260. The van der Waals surface area contributed by atoms with Gasteiger partial charge in [-0.3, -0.25) is 0 Å². The van der Waals surface area contributed by atoms with Crippen LogP contribution in [0, 0.1) is 0 Å². The molecule has 0 aliphatic carbocycles. The second kappa shape index (κ2) is 14.0. The lowest BCUT2D eigenvalue weighted by atomic mass is 9.93. The van der Waals surface area contributed by atoms with Gasteiger partial charge in [0.25, 0.3) is 0 Å². The minimum absolute atomic E-state index is 0.593. The maximum atomic E-state index is 6.69. The number of fused-ring (bicyclic) bond motifs is 11. The molecule has 0 radical (unpaired) electrons. The van der Waals surface area contributed by atoms with Crippen molar-refractivity contribution in [3.05, 3.63) is 206 Å². The zero-order chi connectivity index (χ0) is 42.6. The summed E-state index contributed by atoms with van der Waals surface area (Å²) in [6, 6.07) is 73.4. The van der Waals surface area contributed by atoms with Gasteiger partial charge in [0.05, 0.1) is 11.0 Å². The van der Waals surface area contributed by atoms with Crippen LogP contribution in [0.25, 0.3) is 136 Å². The van der Waals surface area contributed by atoms with Crippen molar-refractivity contribution in [2.75, 3.05) is 0 Å². The summed E-state index contributed by atoms with van der Waals surface area (Å²) in [4.78, 5) is 15.9. The second-order valence-electron chi connectivity index (χ2n) is 16.8. The fourth-order valence-corrected chi connectivity index (χ4v) is 11.1. The van der Waals surface area contributed by atoms with Crippen molar-refractivity contribution in [3.8, 4) is 51.0 Å². The lowest BCUT2D eigenvalue weighted by Crippen LogP contribution is -2.02. The number of nitrogens with zero attached hydrogens (tertiary/aromatic N) is 4. The number of rotatable bonds is 5. The molecule has 0 saturated carbocycles. The average Bonchev–Trinajstić information content (AvgIpc) is 4.03. The van der Waals surface area contributed by atoms with Crippen molar-refractivity contribution in [2.24, 2.45) is 0 Å². The number of hydrogen-bond donors (Lipinski definition) is 0. The molecule has 4 heterocycles. The van der Waals surface area contributed by atoms with Gasteiger partial charge in [0.15, 0.2) is 17.5 Å². The largest absolute Gasteiger partial charge is 0.456 e. The number of thiophene rings is 1. The van der Waals surface area contributed by atoms with Gasteiger partial charge in [-0.25, -0.2) is 15.0 Å². The maximum Gasteiger partial charge on any atom is 0.164 e. The molecule has 0 unspecified atom stereocenters. The molecule has 4 aromatic heterocycles. The monoisotopic (exact) mass is 846 g/mol. The Labute approximate surface area is 376 Å². The molecule has 0 aliphatic rings. The first kappa shape index (κ1) is 36.1. The Hall–Kier alpha value is -8.45. The van der Waals surface area contributed by atoms with Crippen molar-refractivity contribution < 1.29 is 4.42 Å². The topological polar surface area (TPSA) is 56.7 Å². The Kier molecular flexibility index (Phi) is 7.79. The first-order chi connectivity index (χ1) is 32.2. The summed E-state index contributed by atoms with van der Waals surface area (Å²) in [5.41, 5.74) is 9.78. The lowest BCUT2D eigenvalue weighted by Gasteiger charge is -2.16. The molecule has 14 aromatic rings. The molecule has 302 valence electrons. The van der Waals surface area contributed by atoms with E-state index in [-0.39, 0.29) is 0 Å². The van der Waals surface area contributed by atoms with Crippen LogP contribution in [0.3, 0.4) is 0 Å². The van der Waals surface area contributed by atoms with Crippen molar-refractivity contribution in [1.82, 2.24) is 19.5 Å². The van der Waals surface area contributed by atoms with E-state index in [4.69, 9.17) is 19.4 Å². The molecule has 14 rings (SSSR count). The molecule has 5 nitrogen and oxygen atoms in total. The Morgan fingerprint density at radius 2 is 1.02 bits per heavy atom. The van der Waals surface area contributed by atoms with Crippen LogP contribution in [-0.4, -0.2) is 19.5 Å². The first-order valence-electron chi connectivity index (χ1n) is 21.8. The van der Waals surface area contributed by atoms with Crippen molar-refractivity contribution in [3.63, 3.8) is 0 Å². The summed E-state index contributed by atoms with van der Waals surface area (Å²) in [6.07, 6.45) is 0. The molecule has 6 heteroatoms. The maximum absolute atomic E-state index is 6.69. The van der Waals surface area contributed by atoms with Gasteiger partial charge in [0, 0.05) is 64.1 Å². The van der Waals surface area contributed by atoms with E-state index in [0.29, 0.717) is 17.5 Å². The van der Waals surface area contributed by atoms with Crippen LogP contribution in [0.4, 0.5) is 0 Å². The third-order valence-corrected chi connectivity index (χ3v) is 14.1. The molecule has 0 aliphatic heterocycles. The summed E-state index contributed by atoms with van der Waals surface area (Å²) >= 11 is 1.79. The van der Waals surface area contributed by atoms with Crippen LogP contribution < -0.4 is 0 Å². The lowest BCUT2D eigenvalue weighted by molar-refractivity contribution is 0.669. The van der Waals surface area contributed by atoms with Crippen LogP contribution in [0.5, 0.6) is 0 Å². The first-order valence-corrected chi connectivity index (χ1v) is 22.6. The third-order valence-electron chi connectivity index (χ3n) is 13.0. The van der Waals surface area contributed by atoms with Crippen LogP contribution in [0.2, 0.25) is 0 Å². The predicted octanol–water partition coefficient (Wildman–Crippen LogP) is 16.2. The quantitative estimate of drug-likeness (QED) is 0.173. The van der Waals surface area contributed by atoms with Crippen molar-refractivity contribution in [2.45, 2.75) is 0 Å². The molecule has 0 fully saturated rings.